The van der Waals surface area contributed by atoms with Crippen molar-refractivity contribution in [1.82, 2.24) is 5.32 Å². The van der Waals surface area contributed by atoms with E-state index in [1.807, 2.05) is 18.4 Å². The van der Waals surface area contributed by atoms with Crippen LogP contribution in [0.2, 0.25) is 0 Å². The number of thioether (sulfide) groups is 1. The highest BCUT2D eigenvalue weighted by Gasteiger charge is 2.18. The topological polar surface area (TPSA) is 65.6 Å². The summed E-state index contributed by atoms with van der Waals surface area (Å²) < 4.78 is 5.54. The lowest BCUT2D eigenvalue weighted by atomic mass is 10.1. The van der Waals surface area contributed by atoms with Crippen LogP contribution in [-0.2, 0) is 12.3 Å². The summed E-state index contributed by atoms with van der Waals surface area (Å²) in [5.74, 6) is 2.67. The van der Waals surface area contributed by atoms with Gasteiger partial charge in [0, 0.05) is 6.54 Å². The number of aliphatic hydroxyl groups excluding tert-OH is 1. The standard InChI is InChI=1S/C11H19NO3S/c1-11(14,8-13)7-12-5-9-3-4-10(15-9)6-16-2/h3-4,12-14H,5-8H2,1-2H3. The molecule has 16 heavy (non-hydrogen) atoms. The van der Waals surface area contributed by atoms with Gasteiger partial charge in [0.15, 0.2) is 0 Å². The maximum atomic E-state index is 9.54. The fourth-order valence-electron chi connectivity index (χ4n) is 1.25. The van der Waals surface area contributed by atoms with Crippen molar-refractivity contribution in [3.05, 3.63) is 23.7 Å². The lowest BCUT2D eigenvalue weighted by Crippen LogP contribution is -2.40. The van der Waals surface area contributed by atoms with Crippen LogP contribution < -0.4 is 5.32 Å². The Kier molecular flexibility index (Phi) is 5.34. The number of furan rings is 1. The van der Waals surface area contributed by atoms with E-state index < -0.39 is 5.60 Å². The molecule has 0 amide bonds. The van der Waals surface area contributed by atoms with E-state index in [4.69, 9.17) is 9.52 Å². The molecular weight excluding hydrogens is 226 g/mol. The summed E-state index contributed by atoms with van der Waals surface area (Å²) in [6.45, 7) is 2.23. The van der Waals surface area contributed by atoms with Gasteiger partial charge in [-0.15, -0.1) is 0 Å². The Balaban J connectivity index is 2.31. The molecule has 1 aromatic rings. The first-order valence-corrected chi connectivity index (χ1v) is 6.57. The molecule has 0 aliphatic carbocycles. The van der Waals surface area contributed by atoms with Crippen LogP contribution in [0.15, 0.2) is 16.5 Å². The minimum atomic E-state index is -1.07. The van der Waals surface area contributed by atoms with Crippen molar-refractivity contribution in [3.8, 4) is 0 Å². The lowest BCUT2D eigenvalue weighted by molar-refractivity contribution is 0.00226. The van der Waals surface area contributed by atoms with Crippen LogP contribution in [-0.4, -0.2) is 35.2 Å². The lowest BCUT2D eigenvalue weighted by Gasteiger charge is -2.20. The summed E-state index contributed by atoms with van der Waals surface area (Å²) in [7, 11) is 0. The second-order valence-corrected chi connectivity index (χ2v) is 4.93. The SMILES string of the molecule is CSCc1ccc(CNCC(C)(O)CO)o1. The van der Waals surface area contributed by atoms with Gasteiger partial charge in [0.25, 0.3) is 0 Å². The van der Waals surface area contributed by atoms with E-state index in [0.717, 1.165) is 17.3 Å². The van der Waals surface area contributed by atoms with Crippen LogP contribution in [0.25, 0.3) is 0 Å². The van der Waals surface area contributed by atoms with Crippen molar-refractivity contribution in [1.29, 1.82) is 0 Å². The van der Waals surface area contributed by atoms with Crippen molar-refractivity contribution in [2.75, 3.05) is 19.4 Å². The molecule has 3 N–H and O–H groups in total. The Morgan fingerprint density at radius 2 is 2.12 bits per heavy atom. The van der Waals surface area contributed by atoms with Gasteiger partial charge in [-0.3, -0.25) is 0 Å². The quantitative estimate of drug-likeness (QED) is 0.668. The van der Waals surface area contributed by atoms with Gasteiger partial charge in [0.2, 0.25) is 0 Å². The number of nitrogens with one attached hydrogen (secondary N) is 1. The number of hydrogen-bond acceptors (Lipinski definition) is 5. The van der Waals surface area contributed by atoms with Crippen LogP contribution in [0.4, 0.5) is 0 Å². The molecule has 1 heterocycles. The van der Waals surface area contributed by atoms with Crippen LogP contribution in [0.5, 0.6) is 0 Å². The molecule has 5 heteroatoms. The predicted molar refractivity (Wildman–Crippen MR) is 65.3 cm³/mol. The zero-order chi connectivity index (χ0) is 12.0. The highest BCUT2D eigenvalue weighted by atomic mass is 32.2. The van der Waals surface area contributed by atoms with Crippen molar-refractivity contribution in [2.24, 2.45) is 0 Å². The number of hydrogen-bond donors (Lipinski definition) is 3. The highest BCUT2D eigenvalue weighted by Crippen LogP contribution is 2.13. The van der Waals surface area contributed by atoms with Gasteiger partial charge in [-0.1, -0.05) is 0 Å². The van der Waals surface area contributed by atoms with Crippen molar-refractivity contribution in [2.45, 2.75) is 24.8 Å². The third kappa shape index (κ3) is 4.57. The molecular formula is C11H19NO3S. The van der Waals surface area contributed by atoms with Crippen LogP contribution >= 0.6 is 11.8 Å². The van der Waals surface area contributed by atoms with E-state index in [1.54, 1.807) is 18.7 Å². The second kappa shape index (κ2) is 6.30. The van der Waals surface area contributed by atoms with E-state index in [0.29, 0.717) is 13.1 Å². The molecule has 1 unspecified atom stereocenters. The smallest absolute Gasteiger partial charge is 0.118 e. The predicted octanol–water partition coefficient (Wildman–Crippen LogP) is 0.976. The van der Waals surface area contributed by atoms with Gasteiger partial charge in [-0.05, 0) is 25.3 Å². The molecule has 0 aliphatic heterocycles. The van der Waals surface area contributed by atoms with Gasteiger partial charge in [0.05, 0.1) is 24.5 Å². The van der Waals surface area contributed by atoms with Crippen molar-refractivity contribution >= 4 is 11.8 Å². The Hall–Kier alpha value is -0.490. The Morgan fingerprint density at radius 1 is 1.44 bits per heavy atom. The van der Waals surface area contributed by atoms with Gasteiger partial charge < -0.3 is 19.9 Å². The van der Waals surface area contributed by atoms with Crippen LogP contribution in [0.3, 0.4) is 0 Å². The average molecular weight is 245 g/mol. The zero-order valence-corrected chi connectivity index (χ0v) is 10.5. The summed E-state index contributed by atoms with van der Waals surface area (Å²) in [5, 5.41) is 21.4. The van der Waals surface area contributed by atoms with E-state index in [2.05, 4.69) is 5.32 Å². The van der Waals surface area contributed by atoms with Crippen LogP contribution in [0.1, 0.15) is 18.4 Å². The Morgan fingerprint density at radius 3 is 2.75 bits per heavy atom. The molecule has 1 rings (SSSR count). The minimum absolute atomic E-state index is 0.254. The van der Waals surface area contributed by atoms with E-state index in [-0.39, 0.29) is 6.61 Å². The molecule has 0 saturated carbocycles. The molecule has 0 aliphatic rings. The van der Waals surface area contributed by atoms with Gasteiger partial charge in [-0.2, -0.15) is 11.8 Å². The summed E-state index contributed by atoms with van der Waals surface area (Å²) in [6.07, 6.45) is 2.03. The fraction of sp³-hybridized carbons (Fsp3) is 0.636. The summed E-state index contributed by atoms with van der Waals surface area (Å²) in [6, 6.07) is 3.88. The molecule has 0 fully saturated rings. The van der Waals surface area contributed by atoms with Gasteiger partial charge in [-0.25, -0.2) is 0 Å². The molecule has 1 atom stereocenters. The number of rotatable bonds is 7. The molecule has 92 valence electrons. The Labute approximate surface area is 100 Å². The summed E-state index contributed by atoms with van der Waals surface area (Å²) in [5.41, 5.74) is -1.07. The normalized spacial score (nSPS) is 15.0. The molecule has 0 saturated heterocycles. The third-order valence-corrected chi connectivity index (χ3v) is 2.72. The van der Waals surface area contributed by atoms with Crippen molar-refractivity contribution in [3.63, 3.8) is 0 Å². The van der Waals surface area contributed by atoms with Gasteiger partial charge >= 0.3 is 0 Å². The van der Waals surface area contributed by atoms with E-state index in [9.17, 15) is 5.11 Å². The second-order valence-electron chi connectivity index (χ2n) is 4.06. The van der Waals surface area contributed by atoms with E-state index >= 15 is 0 Å². The summed E-state index contributed by atoms with van der Waals surface area (Å²) >= 11 is 1.71. The largest absolute Gasteiger partial charge is 0.464 e. The molecule has 0 bridgehead atoms. The first-order chi connectivity index (χ1) is 7.57. The highest BCUT2D eigenvalue weighted by molar-refractivity contribution is 7.97. The molecule has 0 radical (unpaired) electrons. The molecule has 0 spiro atoms. The number of aliphatic hydroxyl groups is 2. The molecule has 0 aromatic carbocycles. The fourth-order valence-corrected chi connectivity index (χ4v) is 1.69. The first kappa shape index (κ1) is 13.6. The Bertz CT molecular complexity index is 312. The van der Waals surface area contributed by atoms with Gasteiger partial charge in [0.1, 0.15) is 11.5 Å². The minimum Gasteiger partial charge on any atom is -0.464 e. The third-order valence-electron chi connectivity index (χ3n) is 2.15. The van der Waals surface area contributed by atoms with Crippen molar-refractivity contribution < 1.29 is 14.6 Å². The summed E-state index contributed by atoms with van der Waals surface area (Å²) in [4.78, 5) is 0. The monoisotopic (exact) mass is 245 g/mol. The molecule has 1 aromatic heterocycles. The van der Waals surface area contributed by atoms with E-state index in [1.165, 1.54) is 0 Å². The first-order valence-electron chi connectivity index (χ1n) is 5.18. The van der Waals surface area contributed by atoms with Crippen LogP contribution in [0, 0.1) is 0 Å². The maximum Gasteiger partial charge on any atom is 0.118 e. The zero-order valence-electron chi connectivity index (χ0n) is 9.69. The molecule has 4 nitrogen and oxygen atoms in total. The maximum absolute atomic E-state index is 9.54. The average Bonchev–Trinajstić information content (AvgIpc) is 2.66.